The monoisotopic (exact) mass is 398 g/mol. The summed E-state index contributed by atoms with van der Waals surface area (Å²) < 4.78 is 15.9. The summed E-state index contributed by atoms with van der Waals surface area (Å²) in [6.07, 6.45) is 1.78. The van der Waals surface area contributed by atoms with E-state index in [-0.39, 0.29) is 11.8 Å². The molecule has 2 aromatic rings. The fourth-order valence-electron chi connectivity index (χ4n) is 3.22. The van der Waals surface area contributed by atoms with Gasteiger partial charge in [-0.15, -0.1) is 0 Å². The van der Waals surface area contributed by atoms with Gasteiger partial charge in [0.25, 0.3) is 0 Å². The summed E-state index contributed by atoms with van der Waals surface area (Å²) in [5.41, 5.74) is 0.601. The smallest absolute Gasteiger partial charge is 0.240 e. The molecule has 0 bridgehead atoms. The van der Waals surface area contributed by atoms with E-state index >= 15 is 0 Å². The van der Waals surface area contributed by atoms with E-state index in [2.05, 4.69) is 10.6 Å². The van der Waals surface area contributed by atoms with Crippen LogP contribution in [0.1, 0.15) is 18.4 Å². The van der Waals surface area contributed by atoms with E-state index < -0.39 is 5.41 Å². The van der Waals surface area contributed by atoms with Gasteiger partial charge in [0.1, 0.15) is 5.41 Å². The quantitative estimate of drug-likeness (QED) is 0.635. The zero-order valence-corrected chi connectivity index (χ0v) is 16.9. The first-order valence-electron chi connectivity index (χ1n) is 9.47. The van der Waals surface area contributed by atoms with Crippen molar-refractivity contribution in [2.24, 2.45) is 5.41 Å². The molecule has 0 atom stereocenters. The van der Waals surface area contributed by atoms with Crippen molar-refractivity contribution < 1.29 is 23.8 Å². The Labute approximate surface area is 170 Å². The minimum Gasteiger partial charge on any atom is -0.493 e. The zero-order valence-electron chi connectivity index (χ0n) is 16.9. The third-order valence-electron chi connectivity index (χ3n) is 5.08. The highest BCUT2D eigenvalue weighted by Crippen LogP contribution is 2.47. The number of carbonyl (C=O) groups excluding carboxylic acids is 2. The Kier molecular flexibility index (Phi) is 6.26. The predicted octanol–water partition coefficient (Wildman–Crippen LogP) is 2.79. The van der Waals surface area contributed by atoms with Crippen molar-refractivity contribution in [2.75, 3.05) is 33.2 Å². The van der Waals surface area contributed by atoms with Crippen molar-refractivity contribution in [3.8, 4) is 17.2 Å². The lowest BCUT2D eigenvalue weighted by molar-refractivity contribution is -0.134. The van der Waals surface area contributed by atoms with Gasteiger partial charge in [-0.3, -0.25) is 9.59 Å². The third kappa shape index (κ3) is 4.45. The maximum Gasteiger partial charge on any atom is 0.240 e. The number of rotatable bonds is 9. The Morgan fingerprint density at radius 2 is 1.55 bits per heavy atom. The normalized spacial score (nSPS) is 13.9. The molecule has 0 aliphatic heterocycles. The van der Waals surface area contributed by atoms with Crippen molar-refractivity contribution in [1.29, 1.82) is 0 Å². The van der Waals surface area contributed by atoms with Gasteiger partial charge >= 0.3 is 0 Å². The molecule has 0 unspecified atom stereocenters. The SMILES string of the molecule is COc1cc(NC(=O)C2(C(=O)NCCc3ccccc3)CC2)cc(OC)c1OC. The average molecular weight is 398 g/mol. The molecule has 0 saturated heterocycles. The van der Waals surface area contributed by atoms with E-state index in [1.807, 2.05) is 30.3 Å². The number of anilines is 1. The van der Waals surface area contributed by atoms with Gasteiger partial charge in [0.2, 0.25) is 17.6 Å². The number of hydrogen-bond donors (Lipinski definition) is 2. The molecule has 2 amide bonds. The van der Waals surface area contributed by atoms with Crippen LogP contribution in [0.15, 0.2) is 42.5 Å². The van der Waals surface area contributed by atoms with Crippen LogP contribution in [-0.2, 0) is 16.0 Å². The molecule has 0 radical (unpaired) electrons. The molecule has 0 spiro atoms. The summed E-state index contributed by atoms with van der Waals surface area (Å²) in [6.45, 7) is 0.488. The lowest BCUT2D eigenvalue weighted by Crippen LogP contribution is -2.40. The fraction of sp³-hybridized carbons (Fsp3) is 0.364. The molecule has 29 heavy (non-hydrogen) atoms. The van der Waals surface area contributed by atoms with E-state index in [4.69, 9.17) is 14.2 Å². The first-order chi connectivity index (χ1) is 14.0. The molecule has 2 aromatic carbocycles. The number of carbonyl (C=O) groups is 2. The van der Waals surface area contributed by atoms with Crippen LogP contribution in [0.4, 0.5) is 5.69 Å². The maximum absolute atomic E-state index is 12.8. The van der Waals surface area contributed by atoms with Crippen molar-refractivity contribution in [1.82, 2.24) is 5.32 Å². The van der Waals surface area contributed by atoms with Gasteiger partial charge in [-0.2, -0.15) is 0 Å². The van der Waals surface area contributed by atoms with E-state index in [0.29, 0.717) is 42.3 Å². The number of hydrogen-bond acceptors (Lipinski definition) is 5. The summed E-state index contributed by atoms with van der Waals surface area (Å²) in [5.74, 6) is 0.730. The lowest BCUT2D eigenvalue weighted by Gasteiger charge is -2.18. The molecule has 154 valence electrons. The Morgan fingerprint density at radius 1 is 0.931 bits per heavy atom. The number of benzene rings is 2. The summed E-state index contributed by atoms with van der Waals surface area (Å²) >= 11 is 0. The molecule has 0 aromatic heterocycles. The van der Waals surface area contributed by atoms with E-state index in [9.17, 15) is 9.59 Å². The van der Waals surface area contributed by atoms with E-state index in [1.54, 1.807) is 12.1 Å². The molecule has 1 aliphatic carbocycles. The first kappa shape index (κ1) is 20.5. The number of nitrogens with one attached hydrogen (secondary N) is 2. The summed E-state index contributed by atoms with van der Waals surface area (Å²) in [7, 11) is 4.52. The molecular formula is C22H26N2O5. The topological polar surface area (TPSA) is 85.9 Å². The Balaban J connectivity index is 1.64. The molecule has 3 rings (SSSR count). The molecular weight excluding hydrogens is 372 g/mol. The molecule has 1 saturated carbocycles. The summed E-state index contributed by atoms with van der Waals surface area (Å²) in [6, 6.07) is 13.2. The predicted molar refractivity (Wildman–Crippen MR) is 110 cm³/mol. The molecule has 1 fully saturated rings. The minimum absolute atomic E-state index is 0.238. The second-order valence-electron chi connectivity index (χ2n) is 6.94. The van der Waals surface area contributed by atoms with Crippen LogP contribution in [-0.4, -0.2) is 39.7 Å². The minimum atomic E-state index is -1.02. The summed E-state index contributed by atoms with van der Waals surface area (Å²) in [4.78, 5) is 25.5. The van der Waals surface area contributed by atoms with Gasteiger partial charge in [-0.1, -0.05) is 30.3 Å². The van der Waals surface area contributed by atoms with E-state index in [0.717, 1.165) is 12.0 Å². The molecule has 2 N–H and O–H groups in total. The molecule has 0 heterocycles. The Bertz CT molecular complexity index is 853. The van der Waals surface area contributed by atoms with Gasteiger partial charge in [-0.25, -0.2) is 0 Å². The number of amides is 2. The van der Waals surface area contributed by atoms with Crippen LogP contribution in [0.3, 0.4) is 0 Å². The largest absolute Gasteiger partial charge is 0.493 e. The average Bonchev–Trinajstić information content (AvgIpc) is 3.56. The van der Waals surface area contributed by atoms with Crippen LogP contribution >= 0.6 is 0 Å². The number of ether oxygens (including phenoxy) is 3. The van der Waals surface area contributed by atoms with Crippen molar-refractivity contribution >= 4 is 17.5 Å². The standard InChI is InChI=1S/C22H26N2O5/c1-27-17-13-16(14-18(28-2)19(17)29-3)24-21(26)22(10-11-22)20(25)23-12-9-15-7-5-4-6-8-15/h4-8,13-14H,9-12H2,1-3H3,(H,23,25)(H,24,26). The maximum atomic E-state index is 12.8. The Morgan fingerprint density at radius 3 is 2.07 bits per heavy atom. The van der Waals surface area contributed by atoms with Crippen LogP contribution in [0, 0.1) is 5.41 Å². The Hall–Kier alpha value is -3.22. The van der Waals surface area contributed by atoms with Crippen LogP contribution < -0.4 is 24.8 Å². The molecule has 1 aliphatic rings. The van der Waals surface area contributed by atoms with E-state index in [1.165, 1.54) is 21.3 Å². The second kappa shape index (κ2) is 8.86. The van der Waals surface area contributed by atoms with Crippen molar-refractivity contribution in [2.45, 2.75) is 19.3 Å². The number of methoxy groups -OCH3 is 3. The highest BCUT2D eigenvalue weighted by molar-refractivity contribution is 6.13. The van der Waals surface area contributed by atoms with Crippen molar-refractivity contribution in [3.63, 3.8) is 0 Å². The van der Waals surface area contributed by atoms with Gasteiger partial charge < -0.3 is 24.8 Å². The second-order valence-corrected chi connectivity index (χ2v) is 6.94. The van der Waals surface area contributed by atoms with Gasteiger partial charge in [-0.05, 0) is 24.8 Å². The fourth-order valence-corrected chi connectivity index (χ4v) is 3.22. The molecule has 7 nitrogen and oxygen atoms in total. The van der Waals surface area contributed by atoms with Gasteiger partial charge in [0.05, 0.1) is 21.3 Å². The lowest BCUT2D eigenvalue weighted by atomic mass is 10.0. The van der Waals surface area contributed by atoms with Crippen molar-refractivity contribution in [3.05, 3.63) is 48.0 Å². The highest BCUT2D eigenvalue weighted by Gasteiger charge is 2.56. The third-order valence-corrected chi connectivity index (χ3v) is 5.08. The van der Waals surface area contributed by atoms with Crippen LogP contribution in [0.25, 0.3) is 0 Å². The molecule has 7 heteroatoms. The van der Waals surface area contributed by atoms with Crippen LogP contribution in [0.5, 0.6) is 17.2 Å². The van der Waals surface area contributed by atoms with Gasteiger partial charge in [0.15, 0.2) is 11.5 Å². The summed E-state index contributed by atoms with van der Waals surface area (Å²) in [5, 5.41) is 5.71. The zero-order chi connectivity index (χ0) is 20.9. The van der Waals surface area contributed by atoms with Crippen LogP contribution in [0.2, 0.25) is 0 Å². The highest BCUT2D eigenvalue weighted by atomic mass is 16.5. The van der Waals surface area contributed by atoms with Gasteiger partial charge in [0, 0.05) is 24.4 Å². The first-order valence-corrected chi connectivity index (χ1v) is 9.47.